The quantitative estimate of drug-likeness (QED) is 0.938. The number of rotatable bonds is 4. The van der Waals surface area contributed by atoms with E-state index in [0.29, 0.717) is 41.8 Å². The van der Waals surface area contributed by atoms with Gasteiger partial charge in [-0.25, -0.2) is 8.78 Å². The van der Waals surface area contributed by atoms with Crippen LogP contribution in [0.5, 0.6) is 0 Å². The zero-order valence-electron chi connectivity index (χ0n) is 12.4. The fraction of sp³-hybridized carbons (Fsp3) is 0.250. The van der Waals surface area contributed by atoms with Crippen molar-refractivity contribution in [2.24, 2.45) is 5.73 Å². The Labute approximate surface area is 132 Å². The van der Waals surface area contributed by atoms with E-state index in [1.54, 1.807) is 23.2 Å². The molecule has 2 aromatic rings. The normalized spacial score (nSPS) is 15.0. The molecule has 0 radical (unpaired) electrons. The number of nitrogens with zero attached hydrogens (tertiary/aromatic N) is 3. The maximum atomic E-state index is 13.0. The number of hydrogen-bond acceptors (Lipinski definition) is 3. The SMILES string of the molecule is NC/C(=C\F)Cn1cc2c(n1)CCN(c1ccc(F)cc1)C2=O. The average molecular weight is 318 g/mol. The molecule has 7 heteroatoms. The average Bonchev–Trinajstić information content (AvgIpc) is 2.98. The summed E-state index contributed by atoms with van der Waals surface area (Å²) in [6.45, 7) is 0.775. The predicted octanol–water partition coefficient (Wildman–Crippen LogP) is 2.04. The molecule has 0 aliphatic carbocycles. The van der Waals surface area contributed by atoms with Gasteiger partial charge in [0.1, 0.15) is 5.82 Å². The van der Waals surface area contributed by atoms with Crippen LogP contribution in [0.15, 0.2) is 42.4 Å². The van der Waals surface area contributed by atoms with Crippen LogP contribution in [0.2, 0.25) is 0 Å². The highest BCUT2D eigenvalue weighted by atomic mass is 19.1. The van der Waals surface area contributed by atoms with Gasteiger partial charge in [0.2, 0.25) is 0 Å². The van der Waals surface area contributed by atoms with Crippen molar-refractivity contribution in [1.82, 2.24) is 9.78 Å². The van der Waals surface area contributed by atoms with Gasteiger partial charge in [0, 0.05) is 31.4 Å². The fourth-order valence-corrected chi connectivity index (χ4v) is 2.59. The third-order valence-electron chi connectivity index (χ3n) is 3.81. The zero-order valence-corrected chi connectivity index (χ0v) is 12.4. The number of hydrogen-bond donors (Lipinski definition) is 1. The van der Waals surface area contributed by atoms with Gasteiger partial charge in [-0.1, -0.05) is 0 Å². The monoisotopic (exact) mass is 318 g/mol. The molecule has 2 N–H and O–H groups in total. The first-order chi connectivity index (χ1) is 11.1. The van der Waals surface area contributed by atoms with Crippen molar-refractivity contribution in [3.05, 3.63) is 59.4 Å². The van der Waals surface area contributed by atoms with E-state index >= 15 is 0 Å². The minimum Gasteiger partial charge on any atom is -0.327 e. The van der Waals surface area contributed by atoms with Gasteiger partial charge >= 0.3 is 0 Å². The maximum Gasteiger partial charge on any atom is 0.261 e. The molecule has 23 heavy (non-hydrogen) atoms. The highest BCUT2D eigenvalue weighted by Crippen LogP contribution is 2.24. The molecule has 0 bridgehead atoms. The molecule has 0 saturated heterocycles. The van der Waals surface area contributed by atoms with Crippen LogP contribution in [0.25, 0.3) is 0 Å². The lowest BCUT2D eigenvalue weighted by Gasteiger charge is -2.26. The molecule has 0 saturated carbocycles. The second kappa shape index (κ2) is 6.29. The van der Waals surface area contributed by atoms with E-state index in [9.17, 15) is 13.6 Å². The largest absolute Gasteiger partial charge is 0.327 e. The minimum absolute atomic E-state index is 0.0939. The van der Waals surface area contributed by atoms with Crippen LogP contribution in [-0.2, 0) is 13.0 Å². The number of anilines is 1. The van der Waals surface area contributed by atoms with Crippen molar-refractivity contribution in [2.75, 3.05) is 18.0 Å². The van der Waals surface area contributed by atoms with Crippen molar-refractivity contribution >= 4 is 11.6 Å². The van der Waals surface area contributed by atoms with E-state index in [2.05, 4.69) is 5.10 Å². The Morgan fingerprint density at radius 2 is 2.09 bits per heavy atom. The molecule has 120 valence electrons. The number of benzene rings is 1. The van der Waals surface area contributed by atoms with Crippen molar-refractivity contribution in [2.45, 2.75) is 13.0 Å². The molecule has 0 spiro atoms. The van der Waals surface area contributed by atoms with Gasteiger partial charge in [-0.15, -0.1) is 0 Å². The topological polar surface area (TPSA) is 64.2 Å². The summed E-state index contributed by atoms with van der Waals surface area (Å²) in [6, 6.07) is 5.78. The number of fused-ring (bicyclic) bond motifs is 1. The van der Waals surface area contributed by atoms with Crippen molar-refractivity contribution in [3.8, 4) is 0 Å². The Morgan fingerprint density at radius 1 is 1.35 bits per heavy atom. The highest BCUT2D eigenvalue weighted by Gasteiger charge is 2.28. The number of carbonyl (C=O) groups excluding carboxylic acids is 1. The predicted molar refractivity (Wildman–Crippen MR) is 82.3 cm³/mol. The number of halogens is 2. The summed E-state index contributed by atoms with van der Waals surface area (Å²) in [4.78, 5) is 14.2. The summed E-state index contributed by atoms with van der Waals surface area (Å²) in [5, 5.41) is 4.33. The molecule has 1 aromatic carbocycles. The van der Waals surface area contributed by atoms with Gasteiger partial charge < -0.3 is 10.6 Å². The maximum absolute atomic E-state index is 13.0. The lowest BCUT2D eigenvalue weighted by atomic mass is 10.1. The molecule has 2 heterocycles. The number of aromatic nitrogens is 2. The van der Waals surface area contributed by atoms with Crippen LogP contribution in [0.1, 0.15) is 16.1 Å². The molecule has 1 aliphatic rings. The molecule has 0 unspecified atom stereocenters. The first kappa shape index (κ1) is 15.4. The van der Waals surface area contributed by atoms with Gasteiger partial charge in [0.05, 0.1) is 24.1 Å². The van der Waals surface area contributed by atoms with Gasteiger partial charge in [0.25, 0.3) is 5.91 Å². The Balaban J connectivity index is 1.85. The van der Waals surface area contributed by atoms with Crippen molar-refractivity contribution < 1.29 is 13.6 Å². The van der Waals surface area contributed by atoms with E-state index in [1.165, 1.54) is 16.8 Å². The Bertz CT molecular complexity index is 752. The fourth-order valence-electron chi connectivity index (χ4n) is 2.59. The third-order valence-corrected chi connectivity index (χ3v) is 3.81. The highest BCUT2D eigenvalue weighted by molar-refractivity contribution is 6.07. The van der Waals surface area contributed by atoms with Gasteiger partial charge in [-0.05, 0) is 29.8 Å². The molecule has 1 aromatic heterocycles. The van der Waals surface area contributed by atoms with E-state index in [4.69, 9.17) is 5.73 Å². The van der Waals surface area contributed by atoms with E-state index in [1.807, 2.05) is 0 Å². The molecule has 0 atom stereocenters. The van der Waals surface area contributed by atoms with E-state index < -0.39 is 0 Å². The van der Waals surface area contributed by atoms with E-state index in [-0.39, 0.29) is 24.8 Å². The van der Waals surface area contributed by atoms with Gasteiger partial charge in [0.15, 0.2) is 0 Å². The first-order valence-electron chi connectivity index (χ1n) is 7.24. The van der Waals surface area contributed by atoms with Crippen LogP contribution in [0, 0.1) is 5.82 Å². The summed E-state index contributed by atoms with van der Waals surface area (Å²) < 4.78 is 27.2. The minimum atomic E-state index is -0.348. The van der Waals surface area contributed by atoms with Crippen LogP contribution in [0.3, 0.4) is 0 Å². The van der Waals surface area contributed by atoms with Crippen LogP contribution >= 0.6 is 0 Å². The number of nitrogens with two attached hydrogens (primary N) is 1. The number of carbonyl (C=O) groups is 1. The Hall–Kier alpha value is -2.54. The van der Waals surface area contributed by atoms with Crippen molar-refractivity contribution in [1.29, 1.82) is 0 Å². The summed E-state index contributed by atoms with van der Waals surface area (Å²) in [5.74, 6) is -0.540. The van der Waals surface area contributed by atoms with Gasteiger partial charge in [-0.2, -0.15) is 5.10 Å². The summed E-state index contributed by atoms with van der Waals surface area (Å²) in [5.41, 5.74) is 7.64. The molecular formula is C16H16F2N4O. The first-order valence-corrected chi connectivity index (χ1v) is 7.24. The van der Waals surface area contributed by atoms with Crippen LogP contribution in [-0.4, -0.2) is 28.8 Å². The second-order valence-corrected chi connectivity index (χ2v) is 5.34. The summed E-state index contributed by atoms with van der Waals surface area (Å²) >= 11 is 0. The van der Waals surface area contributed by atoms with Gasteiger partial charge in [-0.3, -0.25) is 9.48 Å². The lowest BCUT2D eigenvalue weighted by molar-refractivity contribution is 0.0980. The van der Waals surface area contributed by atoms with E-state index in [0.717, 1.165) is 0 Å². The lowest BCUT2D eigenvalue weighted by Crippen LogP contribution is -2.37. The summed E-state index contributed by atoms with van der Waals surface area (Å²) in [7, 11) is 0. The molecular weight excluding hydrogens is 302 g/mol. The molecule has 3 rings (SSSR count). The van der Waals surface area contributed by atoms with Crippen molar-refractivity contribution in [3.63, 3.8) is 0 Å². The smallest absolute Gasteiger partial charge is 0.261 e. The Morgan fingerprint density at radius 3 is 2.74 bits per heavy atom. The third kappa shape index (κ3) is 3.00. The number of amides is 1. The molecule has 0 fully saturated rings. The zero-order chi connectivity index (χ0) is 16.4. The molecule has 1 aliphatic heterocycles. The Kier molecular flexibility index (Phi) is 4.20. The standard InChI is InChI=1S/C16H16F2N4O/c17-7-11(8-19)9-21-10-14-15(20-21)5-6-22(16(14)23)13-3-1-12(18)2-4-13/h1-4,7,10H,5-6,8-9,19H2/b11-7+. The van der Waals surface area contributed by atoms with Crippen LogP contribution in [0.4, 0.5) is 14.5 Å². The summed E-state index contributed by atoms with van der Waals surface area (Å²) in [6.07, 6.45) is 2.66. The molecule has 5 nitrogen and oxygen atoms in total. The molecule has 1 amide bonds. The second-order valence-electron chi connectivity index (χ2n) is 5.34. The van der Waals surface area contributed by atoms with Crippen LogP contribution < -0.4 is 10.6 Å².